The van der Waals surface area contributed by atoms with Crippen molar-refractivity contribution in [3.8, 4) is 0 Å². The molecule has 4 nitrogen and oxygen atoms in total. The van der Waals surface area contributed by atoms with E-state index in [0.717, 1.165) is 30.2 Å². The Kier molecular flexibility index (Phi) is 10.3. The first-order valence-electron chi connectivity index (χ1n) is 7.87. The van der Waals surface area contributed by atoms with Gasteiger partial charge in [-0.25, -0.2) is 4.98 Å². The minimum Gasteiger partial charge on any atom is -0.350 e. The largest absolute Gasteiger partial charge is 0.350 e. The lowest BCUT2D eigenvalue weighted by Crippen LogP contribution is -2.29. The summed E-state index contributed by atoms with van der Waals surface area (Å²) in [5.74, 6) is 0.866. The van der Waals surface area contributed by atoms with Gasteiger partial charge >= 0.3 is 0 Å². The Labute approximate surface area is 156 Å². The van der Waals surface area contributed by atoms with E-state index in [2.05, 4.69) is 41.8 Å². The SMILES string of the molecule is CC(C)(C)c1csc(CNC(=O)CCC2CCNCC2)n1.Cl.Cl. The number of amides is 1. The highest BCUT2D eigenvalue weighted by Crippen LogP contribution is 2.23. The molecule has 0 unspecified atom stereocenters. The van der Waals surface area contributed by atoms with E-state index in [4.69, 9.17) is 0 Å². The van der Waals surface area contributed by atoms with Crippen LogP contribution in [0.5, 0.6) is 0 Å². The topological polar surface area (TPSA) is 54.0 Å². The zero-order valence-corrected chi connectivity index (χ0v) is 16.6. The summed E-state index contributed by atoms with van der Waals surface area (Å²) in [6, 6.07) is 0. The molecule has 7 heteroatoms. The molecule has 2 rings (SSSR count). The molecule has 0 spiro atoms. The van der Waals surface area contributed by atoms with Crippen molar-refractivity contribution in [2.24, 2.45) is 5.92 Å². The Morgan fingerprint density at radius 1 is 1.35 bits per heavy atom. The lowest BCUT2D eigenvalue weighted by atomic mass is 9.93. The van der Waals surface area contributed by atoms with Gasteiger partial charge in [0.1, 0.15) is 5.01 Å². The highest BCUT2D eigenvalue weighted by Gasteiger charge is 2.18. The highest BCUT2D eigenvalue weighted by molar-refractivity contribution is 7.09. The number of rotatable bonds is 5. The van der Waals surface area contributed by atoms with Gasteiger partial charge in [-0.05, 0) is 38.3 Å². The van der Waals surface area contributed by atoms with Crippen LogP contribution in [0.2, 0.25) is 0 Å². The second-order valence-corrected chi connectivity index (χ2v) is 7.83. The maximum atomic E-state index is 11.9. The number of carbonyl (C=O) groups excluding carboxylic acids is 1. The second-order valence-electron chi connectivity index (χ2n) is 6.89. The first-order chi connectivity index (χ1) is 9.95. The summed E-state index contributed by atoms with van der Waals surface area (Å²) in [6.45, 7) is 9.23. The number of nitrogens with zero attached hydrogens (tertiary/aromatic N) is 1. The number of carbonyl (C=O) groups is 1. The second kappa shape index (κ2) is 10.5. The van der Waals surface area contributed by atoms with Gasteiger partial charge in [0, 0.05) is 17.2 Å². The molecule has 1 fully saturated rings. The number of piperidine rings is 1. The predicted octanol–water partition coefficient (Wildman–Crippen LogP) is 3.68. The third-order valence-electron chi connectivity index (χ3n) is 4.00. The maximum absolute atomic E-state index is 11.9. The maximum Gasteiger partial charge on any atom is 0.220 e. The minimum atomic E-state index is 0. The quantitative estimate of drug-likeness (QED) is 0.817. The summed E-state index contributed by atoms with van der Waals surface area (Å²) in [4.78, 5) is 16.5. The lowest BCUT2D eigenvalue weighted by Gasteiger charge is -2.22. The summed E-state index contributed by atoms with van der Waals surface area (Å²) < 4.78 is 0. The van der Waals surface area contributed by atoms with Gasteiger partial charge in [0.05, 0.1) is 12.2 Å². The van der Waals surface area contributed by atoms with Crippen LogP contribution in [0.4, 0.5) is 0 Å². The molecule has 1 aliphatic rings. The molecule has 0 aliphatic carbocycles. The molecule has 1 aromatic heterocycles. The molecule has 23 heavy (non-hydrogen) atoms. The normalized spacial score (nSPS) is 15.4. The van der Waals surface area contributed by atoms with E-state index in [1.807, 2.05) is 0 Å². The molecule has 0 atom stereocenters. The van der Waals surface area contributed by atoms with Crippen molar-refractivity contribution < 1.29 is 4.79 Å². The fourth-order valence-electron chi connectivity index (χ4n) is 2.50. The fourth-order valence-corrected chi connectivity index (χ4v) is 3.47. The number of aromatic nitrogens is 1. The first-order valence-corrected chi connectivity index (χ1v) is 8.75. The van der Waals surface area contributed by atoms with Crippen LogP contribution in [0.25, 0.3) is 0 Å². The first kappa shape index (κ1) is 22.6. The number of hydrogen-bond acceptors (Lipinski definition) is 4. The third-order valence-corrected chi connectivity index (χ3v) is 4.84. The van der Waals surface area contributed by atoms with Crippen molar-refractivity contribution in [1.82, 2.24) is 15.6 Å². The number of hydrogen-bond donors (Lipinski definition) is 2. The number of halogens is 2. The zero-order valence-electron chi connectivity index (χ0n) is 14.2. The Bertz CT molecular complexity index is 468. The summed E-state index contributed by atoms with van der Waals surface area (Å²) in [5, 5.41) is 9.44. The molecular formula is C16H29Cl2N3OS. The summed E-state index contributed by atoms with van der Waals surface area (Å²) in [6.07, 6.45) is 4.06. The Morgan fingerprint density at radius 3 is 2.57 bits per heavy atom. The molecule has 0 aromatic carbocycles. The van der Waals surface area contributed by atoms with E-state index < -0.39 is 0 Å². The summed E-state index contributed by atoms with van der Waals surface area (Å²) >= 11 is 1.63. The monoisotopic (exact) mass is 381 g/mol. The van der Waals surface area contributed by atoms with Crippen molar-refractivity contribution in [1.29, 1.82) is 0 Å². The van der Waals surface area contributed by atoms with Crippen LogP contribution in [-0.4, -0.2) is 24.0 Å². The van der Waals surface area contributed by atoms with Crippen LogP contribution in [0, 0.1) is 5.92 Å². The predicted molar refractivity (Wildman–Crippen MR) is 102 cm³/mol. The summed E-state index contributed by atoms with van der Waals surface area (Å²) in [7, 11) is 0. The zero-order chi connectivity index (χ0) is 15.3. The van der Waals surface area contributed by atoms with Gasteiger partial charge in [-0.2, -0.15) is 0 Å². The van der Waals surface area contributed by atoms with Crippen molar-refractivity contribution in [3.05, 3.63) is 16.1 Å². The average molecular weight is 382 g/mol. The van der Waals surface area contributed by atoms with Gasteiger partial charge in [-0.1, -0.05) is 20.8 Å². The van der Waals surface area contributed by atoms with Crippen LogP contribution in [0.1, 0.15) is 57.2 Å². The molecule has 2 N–H and O–H groups in total. The van der Waals surface area contributed by atoms with Gasteiger partial charge < -0.3 is 10.6 Å². The smallest absolute Gasteiger partial charge is 0.220 e. The van der Waals surface area contributed by atoms with Crippen molar-refractivity contribution in [2.75, 3.05) is 13.1 Å². The Balaban J connectivity index is 0.00000242. The van der Waals surface area contributed by atoms with E-state index in [-0.39, 0.29) is 36.1 Å². The van der Waals surface area contributed by atoms with Crippen LogP contribution >= 0.6 is 36.2 Å². The van der Waals surface area contributed by atoms with E-state index in [0.29, 0.717) is 18.9 Å². The minimum absolute atomic E-state index is 0. The molecule has 0 saturated carbocycles. The summed E-state index contributed by atoms with van der Waals surface area (Å²) in [5.41, 5.74) is 1.18. The standard InChI is InChI=1S/C16H27N3OS.2ClH/c1-16(2,3)13-11-21-15(19-13)10-18-14(20)5-4-12-6-8-17-9-7-12;;/h11-12,17H,4-10H2,1-3H3,(H,18,20);2*1H. The molecule has 1 amide bonds. The molecule has 1 saturated heterocycles. The van der Waals surface area contributed by atoms with Crippen LogP contribution < -0.4 is 10.6 Å². The van der Waals surface area contributed by atoms with Crippen molar-refractivity contribution >= 4 is 42.1 Å². The molecule has 134 valence electrons. The molecule has 1 aromatic rings. The Morgan fingerprint density at radius 2 is 2.00 bits per heavy atom. The Hall–Kier alpha value is -0.360. The van der Waals surface area contributed by atoms with Gasteiger partial charge in [0.2, 0.25) is 5.91 Å². The third kappa shape index (κ3) is 7.84. The van der Waals surface area contributed by atoms with Crippen molar-refractivity contribution in [2.45, 2.75) is 58.4 Å². The molecule has 0 bridgehead atoms. The number of thiazole rings is 1. The highest BCUT2D eigenvalue weighted by atomic mass is 35.5. The lowest BCUT2D eigenvalue weighted by molar-refractivity contribution is -0.121. The van der Waals surface area contributed by atoms with Gasteiger partial charge in [-0.15, -0.1) is 36.2 Å². The van der Waals surface area contributed by atoms with E-state index in [9.17, 15) is 4.79 Å². The van der Waals surface area contributed by atoms with Crippen LogP contribution in [-0.2, 0) is 16.8 Å². The fraction of sp³-hybridized carbons (Fsp3) is 0.750. The van der Waals surface area contributed by atoms with Gasteiger partial charge in [-0.3, -0.25) is 4.79 Å². The molecule has 0 radical (unpaired) electrons. The van der Waals surface area contributed by atoms with Crippen LogP contribution in [0.15, 0.2) is 5.38 Å². The molecule has 1 aliphatic heterocycles. The molecular weight excluding hydrogens is 353 g/mol. The average Bonchev–Trinajstić information content (AvgIpc) is 2.93. The number of nitrogens with one attached hydrogen (secondary N) is 2. The van der Waals surface area contributed by atoms with Crippen LogP contribution in [0.3, 0.4) is 0 Å². The van der Waals surface area contributed by atoms with E-state index in [1.165, 1.54) is 12.8 Å². The van der Waals surface area contributed by atoms with Crippen molar-refractivity contribution in [3.63, 3.8) is 0 Å². The van der Waals surface area contributed by atoms with E-state index >= 15 is 0 Å². The van der Waals surface area contributed by atoms with Gasteiger partial charge in [0.25, 0.3) is 0 Å². The molecule has 2 heterocycles. The van der Waals surface area contributed by atoms with E-state index in [1.54, 1.807) is 11.3 Å². The van der Waals surface area contributed by atoms with Gasteiger partial charge in [0.15, 0.2) is 0 Å².